The number of hydrogen-bond acceptors (Lipinski definition) is 4. The Bertz CT molecular complexity index is 1760. The number of aryl methyl sites for hydroxylation is 4. The van der Waals surface area contributed by atoms with Gasteiger partial charge in [-0.05, 0) is 68.0 Å². The highest BCUT2D eigenvalue weighted by Crippen LogP contribution is 2.40. The number of nitrogens with one attached hydrogen (secondary N) is 2. The molecule has 1 atom stereocenters. The Morgan fingerprint density at radius 1 is 1.02 bits per heavy atom. The van der Waals surface area contributed by atoms with Crippen LogP contribution in [0.1, 0.15) is 34.5 Å². The van der Waals surface area contributed by atoms with Crippen LogP contribution in [-0.2, 0) is 14.1 Å². The zero-order valence-corrected chi connectivity index (χ0v) is 22.1. The third-order valence-corrected chi connectivity index (χ3v) is 7.09. The molecule has 0 spiro atoms. The molecule has 0 bridgehead atoms. The molecule has 1 saturated carbocycles. The standard InChI is InChI=1S/C28H26F4N4O4/c1-13-9-16(29)10-14(2)22(13)40-23-17(7-8-35(3)27(23)39)19-12-36(4)26(38)21-18(19)11-20(33-21)25(37)34-24(15-5-6-15)28(30,31)32/h7-12,15,24,33H,5-6H2,1-4H3,(H,34,37). The van der Waals surface area contributed by atoms with E-state index in [2.05, 4.69) is 10.3 Å². The zero-order valence-electron chi connectivity index (χ0n) is 22.1. The number of aromatic nitrogens is 3. The molecule has 1 aliphatic rings. The summed E-state index contributed by atoms with van der Waals surface area (Å²) in [5, 5.41) is 2.27. The molecule has 5 rings (SSSR count). The molecule has 1 unspecified atom stereocenters. The van der Waals surface area contributed by atoms with Gasteiger partial charge in [-0.25, -0.2) is 4.39 Å². The van der Waals surface area contributed by atoms with Gasteiger partial charge in [0.2, 0.25) is 0 Å². The molecule has 0 radical (unpaired) electrons. The van der Waals surface area contributed by atoms with Crippen molar-refractivity contribution < 1.29 is 27.1 Å². The van der Waals surface area contributed by atoms with E-state index < -0.39 is 41.0 Å². The maximum Gasteiger partial charge on any atom is 0.408 e. The lowest BCUT2D eigenvalue weighted by atomic mass is 10.0. The lowest BCUT2D eigenvalue weighted by Crippen LogP contribution is -2.47. The minimum absolute atomic E-state index is 0.0269. The number of alkyl halides is 3. The molecular weight excluding hydrogens is 532 g/mol. The van der Waals surface area contributed by atoms with E-state index >= 15 is 0 Å². The van der Waals surface area contributed by atoms with Crippen LogP contribution in [-0.4, -0.2) is 32.2 Å². The van der Waals surface area contributed by atoms with Gasteiger partial charge in [-0.1, -0.05) is 0 Å². The number of benzene rings is 1. The third-order valence-electron chi connectivity index (χ3n) is 7.09. The number of H-pyrrole nitrogens is 1. The molecule has 1 aliphatic carbocycles. The van der Waals surface area contributed by atoms with Gasteiger partial charge < -0.3 is 24.2 Å². The Balaban J connectivity index is 1.65. The molecule has 12 heteroatoms. The number of nitrogens with zero attached hydrogens (tertiary/aromatic N) is 2. The summed E-state index contributed by atoms with van der Waals surface area (Å²) in [6.07, 6.45) is -0.942. The van der Waals surface area contributed by atoms with E-state index in [4.69, 9.17) is 4.74 Å². The second-order valence-corrected chi connectivity index (χ2v) is 10.2. The van der Waals surface area contributed by atoms with E-state index in [1.54, 1.807) is 19.9 Å². The van der Waals surface area contributed by atoms with Crippen LogP contribution >= 0.6 is 0 Å². The number of halogens is 4. The first-order chi connectivity index (χ1) is 18.8. The molecule has 1 amide bonds. The van der Waals surface area contributed by atoms with Crippen molar-refractivity contribution in [1.29, 1.82) is 0 Å². The summed E-state index contributed by atoms with van der Waals surface area (Å²) in [5.41, 5.74) is 0.200. The highest BCUT2D eigenvalue weighted by Gasteiger charge is 2.49. The number of ether oxygens (including phenoxy) is 1. The van der Waals surface area contributed by atoms with Gasteiger partial charge in [-0.3, -0.25) is 14.4 Å². The van der Waals surface area contributed by atoms with Gasteiger partial charge in [0.25, 0.3) is 17.0 Å². The fourth-order valence-electron chi connectivity index (χ4n) is 4.86. The number of fused-ring (bicyclic) bond motifs is 1. The monoisotopic (exact) mass is 558 g/mol. The molecule has 210 valence electrons. The fourth-order valence-corrected chi connectivity index (χ4v) is 4.86. The summed E-state index contributed by atoms with van der Waals surface area (Å²) in [6, 6.07) is 3.42. The van der Waals surface area contributed by atoms with Crippen LogP contribution in [0.15, 0.2) is 46.2 Å². The van der Waals surface area contributed by atoms with Crippen LogP contribution < -0.4 is 21.2 Å². The Morgan fingerprint density at radius 2 is 1.68 bits per heavy atom. The average molecular weight is 559 g/mol. The number of amides is 1. The molecule has 3 heterocycles. The van der Waals surface area contributed by atoms with Gasteiger partial charge in [0.1, 0.15) is 28.8 Å². The van der Waals surface area contributed by atoms with E-state index in [1.165, 1.54) is 53.8 Å². The topological polar surface area (TPSA) is 98.1 Å². The van der Waals surface area contributed by atoms with Crippen LogP contribution in [0, 0.1) is 25.6 Å². The van der Waals surface area contributed by atoms with Crippen molar-refractivity contribution in [2.75, 3.05) is 0 Å². The zero-order chi connectivity index (χ0) is 29.1. The molecule has 40 heavy (non-hydrogen) atoms. The smallest absolute Gasteiger partial charge is 0.408 e. The normalized spacial score (nSPS) is 14.4. The average Bonchev–Trinajstić information content (AvgIpc) is 3.60. The van der Waals surface area contributed by atoms with E-state index in [0.29, 0.717) is 29.5 Å². The summed E-state index contributed by atoms with van der Waals surface area (Å²) >= 11 is 0. The molecule has 0 aliphatic heterocycles. The van der Waals surface area contributed by atoms with Crippen LogP contribution in [0.4, 0.5) is 17.6 Å². The second-order valence-electron chi connectivity index (χ2n) is 10.2. The summed E-state index contributed by atoms with van der Waals surface area (Å²) < 4.78 is 63.1. The Kier molecular flexibility index (Phi) is 6.59. The molecule has 0 saturated heterocycles. The lowest BCUT2D eigenvalue weighted by molar-refractivity contribution is -0.158. The van der Waals surface area contributed by atoms with E-state index in [1.807, 2.05) is 0 Å². The van der Waals surface area contributed by atoms with Crippen LogP contribution in [0.2, 0.25) is 0 Å². The highest BCUT2D eigenvalue weighted by atomic mass is 19.4. The number of rotatable bonds is 6. The van der Waals surface area contributed by atoms with E-state index in [-0.39, 0.29) is 33.7 Å². The molecule has 1 fully saturated rings. The van der Waals surface area contributed by atoms with Crippen LogP contribution in [0.5, 0.6) is 11.5 Å². The SMILES string of the molecule is Cc1cc(F)cc(C)c1Oc1c(-c2cn(C)c(=O)c3[nH]c(C(=O)NC(C4CC4)C(F)(F)F)cc23)ccn(C)c1=O. The first-order valence-electron chi connectivity index (χ1n) is 12.5. The van der Waals surface area contributed by atoms with Gasteiger partial charge in [-0.15, -0.1) is 0 Å². The number of hydrogen-bond donors (Lipinski definition) is 2. The lowest BCUT2D eigenvalue weighted by Gasteiger charge is -2.20. The number of aromatic amines is 1. The van der Waals surface area contributed by atoms with Crippen molar-refractivity contribution in [2.45, 2.75) is 38.9 Å². The highest BCUT2D eigenvalue weighted by molar-refractivity contribution is 6.03. The fraction of sp³-hybridized carbons (Fsp3) is 0.321. The van der Waals surface area contributed by atoms with Crippen molar-refractivity contribution in [3.63, 3.8) is 0 Å². The van der Waals surface area contributed by atoms with Crippen molar-refractivity contribution >= 4 is 16.8 Å². The predicted molar refractivity (Wildman–Crippen MR) is 140 cm³/mol. The van der Waals surface area contributed by atoms with Crippen LogP contribution in [0.25, 0.3) is 22.0 Å². The molecule has 3 aromatic heterocycles. The summed E-state index contributed by atoms with van der Waals surface area (Å²) in [6.45, 7) is 3.27. The maximum absolute atomic E-state index is 13.9. The first kappa shape index (κ1) is 27.2. The van der Waals surface area contributed by atoms with Gasteiger partial charge in [0, 0.05) is 43.0 Å². The minimum atomic E-state index is -4.61. The van der Waals surface area contributed by atoms with Crippen LogP contribution in [0.3, 0.4) is 0 Å². The van der Waals surface area contributed by atoms with E-state index in [0.717, 1.165) is 0 Å². The van der Waals surface area contributed by atoms with Crippen molar-refractivity contribution in [2.24, 2.45) is 20.0 Å². The van der Waals surface area contributed by atoms with Gasteiger partial charge in [0.15, 0.2) is 5.75 Å². The predicted octanol–water partition coefficient (Wildman–Crippen LogP) is 4.85. The van der Waals surface area contributed by atoms with Crippen molar-refractivity contribution in [3.8, 4) is 22.6 Å². The van der Waals surface area contributed by atoms with Crippen molar-refractivity contribution in [3.05, 3.63) is 80.0 Å². The Hall–Kier alpha value is -4.35. The molecule has 8 nitrogen and oxygen atoms in total. The number of carbonyl (C=O) groups is 1. The first-order valence-corrected chi connectivity index (χ1v) is 12.5. The summed E-state index contributed by atoms with van der Waals surface area (Å²) in [5.74, 6) is -1.98. The van der Waals surface area contributed by atoms with Crippen molar-refractivity contribution in [1.82, 2.24) is 19.4 Å². The Morgan fingerprint density at radius 3 is 2.27 bits per heavy atom. The largest absolute Gasteiger partial charge is 0.450 e. The number of carbonyl (C=O) groups excluding carboxylic acids is 1. The third kappa shape index (κ3) is 4.89. The molecule has 2 N–H and O–H groups in total. The quantitative estimate of drug-likeness (QED) is 0.331. The minimum Gasteiger partial charge on any atom is -0.450 e. The maximum atomic E-state index is 13.9. The summed E-state index contributed by atoms with van der Waals surface area (Å²) in [7, 11) is 2.99. The summed E-state index contributed by atoms with van der Waals surface area (Å²) in [4.78, 5) is 41.8. The van der Waals surface area contributed by atoms with E-state index in [9.17, 15) is 31.9 Å². The Labute approximate surface area is 225 Å². The number of pyridine rings is 2. The van der Waals surface area contributed by atoms with Gasteiger partial charge in [-0.2, -0.15) is 13.2 Å². The molecule has 1 aromatic carbocycles. The van der Waals surface area contributed by atoms with Gasteiger partial charge >= 0.3 is 6.18 Å². The molecular formula is C28H26F4N4O4. The second kappa shape index (κ2) is 9.68. The van der Waals surface area contributed by atoms with Gasteiger partial charge in [0.05, 0.1) is 0 Å². The molecule has 4 aromatic rings.